The van der Waals surface area contributed by atoms with Crippen molar-refractivity contribution in [1.29, 1.82) is 0 Å². The molecule has 0 atom stereocenters. The molecule has 0 saturated carbocycles. The standard InChI is InChI=1S/2C2H4O3.Al/c2*3-1-2(4)5;/h2*3H,1H2,(H,4,5);/q;;+3/p-2. The van der Waals surface area contributed by atoms with E-state index in [1.165, 1.54) is 0 Å². The molecular formula is C4H6AlO6+. The number of aliphatic hydroxyl groups is 2. The molecule has 0 bridgehead atoms. The van der Waals surface area contributed by atoms with Crippen molar-refractivity contribution in [3.8, 4) is 0 Å². The molecule has 0 amide bonds. The summed E-state index contributed by atoms with van der Waals surface area (Å²) in [7, 11) is 0. The summed E-state index contributed by atoms with van der Waals surface area (Å²) in [6, 6.07) is 0. The molecule has 0 aliphatic carbocycles. The Bertz CT molecular complexity index is 99.1. The fourth-order valence-electron chi connectivity index (χ4n) is 0. The van der Waals surface area contributed by atoms with E-state index in [9.17, 15) is 0 Å². The zero-order chi connectivity index (χ0) is 8.57. The molecule has 0 aromatic heterocycles. The van der Waals surface area contributed by atoms with E-state index in [0.29, 0.717) is 0 Å². The number of carbonyl (C=O) groups excluding carboxylic acids is 2. The van der Waals surface area contributed by atoms with Gasteiger partial charge in [-0.2, -0.15) is 0 Å². The normalized spacial score (nSPS) is 6.73. The van der Waals surface area contributed by atoms with Crippen LogP contribution in [0.25, 0.3) is 0 Å². The summed E-state index contributed by atoms with van der Waals surface area (Å²) in [5, 5.41) is 33.0. The van der Waals surface area contributed by atoms with Gasteiger partial charge in [0.15, 0.2) is 0 Å². The molecule has 0 radical (unpaired) electrons. The minimum absolute atomic E-state index is 0. The van der Waals surface area contributed by atoms with E-state index >= 15 is 0 Å². The van der Waals surface area contributed by atoms with Gasteiger partial charge in [-0.1, -0.05) is 0 Å². The monoisotopic (exact) mass is 177 g/mol. The van der Waals surface area contributed by atoms with Crippen molar-refractivity contribution in [2.24, 2.45) is 0 Å². The maximum atomic E-state index is 9.01. The molecule has 0 aromatic carbocycles. The number of rotatable bonds is 2. The molecule has 0 heterocycles. The molecule has 11 heavy (non-hydrogen) atoms. The van der Waals surface area contributed by atoms with Crippen molar-refractivity contribution < 1.29 is 30.0 Å². The van der Waals surface area contributed by atoms with E-state index in [2.05, 4.69) is 0 Å². The molecule has 6 nitrogen and oxygen atoms in total. The maximum absolute atomic E-state index is 9.01. The Morgan fingerprint density at radius 3 is 1.09 bits per heavy atom. The second-order valence-corrected chi connectivity index (χ2v) is 1.06. The number of aliphatic hydroxyl groups excluding tert-OH is 2. The molecule has 0 fully saturated rings. The summed E-state index contributed by atoms with van der Waals surface area (Å²) in [6.45, 7) is -1.78. The topological polar surface area (TPSA) is 121 Å². The predicted molar refractivity (Wildman–Crippen MR) is 29.9 cm³/mol. The van der Waals surface area contributed by atoms with Crippen LogP contribution in [0.5, 0.6) is 0 Å². The predicted octanol–water partition coefficient (Wildman–Crippen LogP) is -4.92. The second-order valence-electron chi connectivity index (χ2n) is 1.06. The van der Waals surface area contributed by atoms with Crippen molar-refractivity contribution in [2.75, 3.05) is 13.2 Å². The van der Waals surface area contributed by atoms with Gasteiger partial charge in [-0.3, -0.25) is 0 Å². The van der Waals surface area contributed by atoms with Gasteiger partial charge in [0.1, 0.15) is 0 Å². The molecule has 60 valence electrons. The smallest absolute Gasteiger partial charge is 0.548 e. The van der Waals surface area contributed by atoms with Crippen LogP contribution >= 0.6 is 0 Å². The molecule has 0 rings (SSSR count). The SMILES string of the molecule is O=C([O-])CO.O=C([O-])CO.[Al+3]. The Kier molecular flexibility index (Phi) is 18.5. The zero-order valence-electron chi connectivity index (χ0n) is 5.52. The average Bonchev–Trinajstić information content (AvgIpc) is 1.89. The van der Waals surface area contributed by atoms with Crippen LogP contribution in [0, 0.1) is 0 Å². The van der Waals surface area contributed by atoms with Crippen molar-refractivity contribution in [3.63, 3.8) is 0 Å². The molecule has 0 spiro atoms. The Labute approximate surface area is 73.2 Å². The Balaban J connectivity index is -0.000000107. The van der Waals surface area contributed by atoms with Gasteiger partial charge in [0.05, 0.1) is 25.2 Å². The summed E-state index contributed by atoms with van der Waals surface area (Å²) in [5.74, 6) is -2.88. The summed E-state index contributed by atoms with van der Waals surface area (Å²) in [6.07, 6.45) is 0. The molecule has 0 saturated heterocycles. The van der Waals surface area contributed by atoms with Crippen LogP contribution in [0.3, 0.4) is 0 Å². The van der Waals surface area contributed by atoms with Crippen LogP contribution in [0.2, 0.25) is 0 Å². The fraction of sp³-hybridized carbons (Fsp3) is 0.500. The minimum atomic E-state index is -1.44. The minimum Gasteiger partial charge on any atom is -0.548 e. The van der Waals surface area contributed by atoms with Crippen LogP contribution in [0.4, 0.5) is 0 Å². The van der Waals surface area contributed by atoms with Crippen LogP contribution < -0.4 is 10.2 Å². The number of hydrogen-bond donors (Lipinski definition) is 2. The number of carbonyl (C=O) groups is 2. The first-order chi connectivity index (χ1) is 4.54. The van der Waals surface area contributed by atoms with Gasteiger partial charge < -0.3 is 30.0 Å². The number of aliphatic carboxylic acids is 2. The van der Waals surface area contributed by atoms with Gasteiger partial charge in [0, 0.05) is 0 Å². The first-order valence-corrected chi connectivity index (χ1v) is 2.16. The van der Waals surface area contributed by atoms with Crippen molar-refractivity contribution in [3.05, 3.63) is 0 Å². The van der Waals surface area contributed by atoms with E-state index in [1.807, 2.05) is 0 Å². The Hall–Kier alpha value is -0.608. The molecule has 0 aliphatic rings. The van der Waals surface area contributed by atoms with E-state index in [0.717, 1.165) is 0 Å². The first-order valence-electron chi connectivity index (χ1n) is 2.16. The first kappa shape index (κ1) is 16.8. The number of carboxylic acid groups (broad SMARTS) is 2. The summed E-state index contributed by atoms with van der Waals surface area (Å²) >= 11 is 0. The molecule has 0 aromatic rings. The molecule has 0 aliphatic heterocycles. The quantitative estimate of drug-likeness (QED) is 0.407. The van der Waals surface area contributed by atoms with E-state index in [1.54, 1.807) is 0 Å². The van der Waals surface area contributed by atoms with E-state index in [-0.39, 0.29) is 17.4 Å². The third kappa shape index (κ3) is 44.6. The van der Waals surface area contributed by atoms with Crippen molar-refractivity contribution >= 4 is 29.3 Å². The molecule has 0 unspecified atom stereocenters. The van der Waals surface area contributed by atoms with Crippen LogP contribution in [0.15, 0.2) is 0 Å². The largest absolute Gasteiger partial charge is 3.00 e. The van der Waals surface area contributed by atoms with E-state index < -0.39 is 25.2 Å². The molecular weight excluding hydrogens is 171 g/mol. The van der Waals surface area contributed by atoms with Gasteiger partial charge in [-0.05, 0) is 0 Å². The van der Waals surface area contributed by atoms with Crippen LogP contribution in [-0.4, -0.2) is 52.7 Å². The van der Waals surface area contributed by atoms with Crippen molar-refractivity contribution in [1.82, 2.24) is 0 Å². The third-order valence-electron chi connectivity index (χ3n) is 0.258. The van der Waals surface area contributed by atoms with Gasteiger partial charge in [0.2, 0.25) is 0 Å². The molecule has 2 N–H and O–H groups in total. The zero-order valence-corrected chi connectivity index (χ0v) is 6.67. The van der Waals surface area contributed by atoms with Gasteiger partial charge in [-0.25, -0.2) is 0 Å². The number of hydrogen-bond acceptors (Lipinski definition) is 6. The van der Waals surface area contributed by atoms with Crippen LogP contribution in [-0.2, 0) is 9.59 Å². The Morgan fingerprint density at radius 2 is 1.09 bits per heavy atom. The third-order valence-corrected chi connectivity index (χ3v) is 0.258. The summed E-state index contributed by atoms with van der Waals surface area (Å²) in [4.78, 5) is 18.0. The average molecular weight is 177 g/mol. The summed E-state index contributed by atoms with van der Waals surface area (Å²) in [5.41, 5.74) is 0. The fourth-order valence-corrected chi connectivity index (χ4v) is 0. The van der Waals surface area contributed by atoms with Gasteiger partial charge in [-0.15, -0.1) is 0 Å². The number of carboxylic acids is 2. The summed E-state index contributed by atoms with van der Waals surface area (Å²) < 4.78 is 0. The van der Waals surface area contributed by atoms with Crippen molar-refractivity contribution in [2.45, 2.75) is 0 Å². The maximum Gasteiger partial charge on any atom is 3.00 e. The van der Waals surface area contributed by atoms with E-state index in [4.69, 9.17) is 30.0 Å². The second kappa shape index (κ2) is 12.1. The Morgan fingerprint density at radius 1 is 1.00 bits per heavy atom. The van der Waals surface area contributed by atoms with Gasteiger partial charge >= 0.3 is 17.4 Å². The molecule has 7 heteroatoms. The van der Waals surface area contributed by atoms with Gasteiger partial charge in [0.25, 0.3) is 0 Å². The van der Waals surface area contributed by atoms with Crippen LogP contribution in [0.1, 0.15) is 0 Å².